The smallest absolute Gasteiger partial charge is 0.374 e. The van der Waals surface area contributed by atoms with Gasteiger partial charge in [0.25, 0.3) is 0 Å². The molecule has 0 N–H and O–H groups in total. The summed E-state index contributed by atoms with van der Waals surface area (Å²) in [7, 11) is 1.22. The topological polar surface area (TPSA) is 65.7 Å². The van der Waals surface area contributed by atoms with Crippen LogP contribution in [-0.2, 0) is 14.3 Å². The lowest BCUT2D eigenvalue weighted by Gasteiger charge is -2.00. The maximum Gasteiger partial charge on any atom is 0.374 e. The van der Waals surface area contributed by atoms with E-state index < -0.39 is 18.5 Å². The van der Waals surface area contributed by atoms with Gasteiger partial charge in [-0.3, -0.25) is 0 Å². The zero-order valence-corrected chi connectivity index (χ0v) is 10.4. The minimum absolute atomic E-state index is 0.0577. The fourth-order valence-corrected chi connectivity index (χ4v) is 1.94. The minimum atomic E-state index is -0.691. The molecule has 18 heavy (non-hydrogen) atoms. The predicted molar refractivity (Wildman–Crippen MR) is 64.3 cm³/mol. The third kappa shape index (κ3) is 2.78. The highest BCUT2D eigenvalue weighted by Crippen LogP contribution is 2.26. The van der Waals surface area contributed by atoms with Crippen LogP contribution in [0.4, 0.5) is 0 Å². The van der Waals surface area contributed by atoms with E-state index >= 15 is 0 Å². The molecule has 5 nitrogen and oxygen atoms in total. The lowest BCUT2D eigenvalue weighted by molar-refractivity contribution is -0.144. The molecule has 94 valence electrons. The van der Waals surface area contributed by atoms with Crippen molar-refractivity contribution in [3.05, 3.63) is 35.4 Å². The van der Waals surface area contributed by atoms with E-state index in [1.54, 1.807) is 6.07 Å². The number of carbonyl (C=O) groups excluding carboxylic acids is 2. The summed E-state index contributed by atoms with van der Waals surface area (Å²) in [6, 6.07) is 6.96. The highest BCUT2D eigenvalue weighted by molar-refractivity contribution is 7.13. The summed E-state index contributed by atoms with van der Waals surface area (Å²) in [5, 5.41) is 1.91. The molecule has 6 heteroatoms. The molecular weight excluding hydrogens is 256 g/mol. The van der Waals surface area contributed by atoms with Crippen LogP contribution < -0.4 is 0 Å². The molecule has 2 rings (SSSR count). The van der Waals surface area contributed by atoms with Crippen molar-refractivity contribution < 1.29 is 23.5 Å². The molecule has 0 unspecified atom stereocenters. The Labute approximate surface area is 107 Å². The van der Waals surface area contributed by atoms with E-state index in [-0.39, 0.29) is 5.76 Å². The SMILES string of the molecule is COC(=O)COC(=O)c1ccc(-c2cccs2)o1. The Morgan fingerprint density at radius 2 is 2.17 bits per heavy atom. The summed E-state index contributed by atoms with van der Waals surface area (Å²) in [4.78, 5) is 23.3. The fourth-order valence-electron chi connectivity index (χ4n) is 1.25. The highest BCUT2D eigenvalue weighted by atomic mass is 32.1. The first-order valence-corrected chi connectivity index (χ1v) is 5.96. The van der Waals surface area contributed by atoms with Crippen molar-refractivity contribution in [1.29, 1.82) is 0 Å². The van der Waals surface area contributed by atoms with Crippen molar-refractivity contribution >= 4 is 23.3 Å². The molecular formula is C12H10O5S. The van der Waals surface area contributed by atoms with Crippen molar-refractivity contribution in [1.82, 2.24) is 0 Å². The summed E-state index contributed by atoms with van der Waals surface area (Å²) in [5.74, 6) is -0.658. The number of hydrogen-bond acceptors (Lipinski definition) is 6. The maximum atomic E-state index is 11.5. The average Bonchev–Trinajstić information content (AvgIpc) is 3.04. The van der Waals surface area contributed by atoms with E-state index in [9.17, 15) is 9.59 Å². The van der Waals surface area contributed by atoms with Crippen LogP contribution in [0.5, 0.6) is 0 Å². The van der Waals surface area contributed by atoms with Gasteiger partial charge in [-0.25, -0.2) is 9.59 Å². The molecule has 0 radical (unpaired) electrons. The van der Waals surface area contributed by atoms with Crippen molar-refractivity contribution in [2.75, 3.05) is 13.7 Å². The van der Waals surface area contributed by atoms with E-state index in [1.807, 2.05) is 17.5 Å². The third-order valence-electron chi connectivity index (χ3n) is 2.12. The number of carbonyl (C=O) groups is 2. The number of hydrogen-bond donors (Lipinski definition) is 0. The van der Waals surface area contributed by atoms with Gasteiger partial charge in [0.15, 0.2) is 6.61 Å². The van der Waals surface area contributed by atoms with Gasteiger partial charge in [-0.1, -0.05) is 6.07 Å². The Bertz CT molecular complexity index is 541. The quantitative estimate of drug-likeness (QED) is 0.795. The fraction of sp³-hybridized carbons (Fsp3) is 0.167. The number of esters is 2. The van der Waals surface area contributed by atoms with E-state index in [0.29, 0.717) is 5.76 Å². The molecule has 0 saturated carbocycles. The lowest BCUT2D eigenvalue weighted by Crippen LogP contribution is -2.14. The van der Waals surface area contributed by atoms with Crippen LogP contribution in [0.25, 0.3) is 10.6 Å². The van der Waals surface area contributed by atoms with Crippen LogP contribution in [0.3, 0.4) is 0 Å². The molecule has 0 spiro atoms. The molecule has 0 fully saturated rings. The van der Waals surface area contributed by atoms with Crippen LogP contribution >= 0.6 is 11.3 Å². The second kappa shape index (κ2) is 5.50. The summed E-state index contributed by atoms with van der Waals surface area (Å²) in [5.41, 5.74) is 0. The molecule has 0 aromatic carbocycles. The zero-order valence-electron chi connectivity index (χ0n) is 9.54. The van der Waals surface area contributed by atoms with Crippen molar-refractivity contribution in [2.45, 2.75) is 0 Å². The van der Waals surface area contributed by atoms with Gasteiger partial charge in [0.2, 0.25) is 5.76 Å². The van der Waals surface area contributed by atoms with Crippen molar-refractivity contribution in [3.63, 3.8) is 0 Å². The summed E-state index contributed by atoms with van der Waals surface area (Å²) in [6.45, 7) is -0.426. The first-order chi connectivity index (χ1) is 8.70. The molecule has 2 aromatic rings. The van der Waals surface area contributed by atoms with Gasteiger partial charge in [0.05, 0.1) is 12.0 Å². The third-order valence-corrected chi connectivity index (χ3v) is 3.00. The number of thiophene rings is 1. The maximum absolute atomic E-state index is 11.5. The first-order valence-electron chi connectivity index (χ1n) is 5.08. The van der Waals surface area contributed by atoms with Crippen LogP contribution in [0.2, 0.25) is 0 Å². The minimum Gasteiger partial charge on any atom is -0.466 e. The monoisotopic (exact) mass is 266 g/mol. The van der Waals surface area contributed by atoms with Crippen LogP contribution in [0.1, 0.15) is 10.6 Å². The Hall–Kier alpha value is -2.08. The number of methoxy groups -OCH3 is 1. The van der Waals surface area contributed by atoms with Gasteiger partial charge in [-0.2, -0.15) is 0 Å². The summed E-state index contributed by atoms with van der Waals surface area (Å²) < 4.78 is 14.4. The van der Waals surface area contributed by atoms with Crippen LogP contribution in [0.15, 0.2) is 34.1 Å². The Morgan fingerprint density at radius 1 is 1.33 bits per heavy atom. The summed E-state index contributed by atoms with van der Waals surface area (Å²) in [6.07, 6.45) is 0. The van der Waals surface area contributed by atoms with Gasteiger partial charge in [-0.05, 0) is 23.6 Å². The summed E-state index contributed by atoms with van der Waals surface area (Å²) >= 11 is 1.50. The van der Waals surface area contributed by atoms with Gasteiger partial charge >= 0.3 is 11.9 Å². The van der Waals surface area contributed by atoms with Crippen molar-refractivity contribution in [2.24, 2.45) is 0 Å². The number of rotatable bonds is 4. The van der Waals surface area contributed by atoms with Gasteiger partial charge < -0.3 is 13.9 Å². The molecule has 0 saturated heterocycles. The highest BCUT2D eigenvalue weighted by Gasteiger charge is 2.15. The molecule has 0 amide bonds. The second-order valence-electron chi connectivity index (χ2n) is 3.29. The molecule has 0 bridgehead atoms. The molecule has 2 heterocycles. The van der Waals surface area contributed by atoms with E-state index in [4.69, 9.17) is 9.15 Å². The lowest BCUT2D eigenvalue weighted by atomic mass is 10.3. The van der Waals surface area contributed by atoms with Gasteiger partial charge in [0.1, 0.15) is 5.76 Å². The standard InChI is InChI=1S/C12H10O5S/c1-15-11(13)7-16-12(14)9-5-4-8(17-9)10-3-2-6-18-10/h2-6H,7H2,1H3. The van der Waals surface area contributed by atoms with E-state index in [2.05, 4.69) is 4.74 Å². The van der Waals surface area contributed by atoms with Gasteiger partial charge in [0, 0.05) is 0 Å². The van der Waals surface area contributed by atoms with E-state index in [1.165, 1.54) is 24.5 Å². The zero-order chi connectivity index (χ0) is 13.0. The molecule has 0 aliphatic heterocycles. The van der Waals surface area contributed by atoms with Crippen molar-refractivity contribution in [3.8, 4) is 10.6 Å². The number of furan rings is 1. The Kier molecular flexibility index (Phi) is 3.78. The first kappa shape index (κ1) is 12.4. The Balaban J connectivity index is 2.02. The van der Waals surface area contributed by atoms with E-state index in [0.717, 1.165) is 4.88 Å². The molecule has 0 aliphatic carbocycles. The molecule has 2 aromatic heterocycles. The van der Waals surface area contributed by atoms with Gasteiger partial charge in [-0.15, -0.1) is 11.3 Å². The van der Waals surface area contributed by atoms with Crippen LogP contribution in [-0.4, -0.2) is 25.7 Å². The number of ether oxygens (including phenoxy) is 2. The molecule has 0 atom stereocenters. The largest absolute Gasteiger partial charge is 0.466 e. The molecule has 0 aliphatic rings. The Morgan fingerprint density at radius 3 is 2.83 bits per heavy atom. The van der Waals surface area contributed by atoms with Crippen LogP contribution in [0, 0.1) is 0 Å². The normalized spacial score (nSPS) is 10.1. The predicted octanol–water partition coefficient (Wildman–Crippen LogP) is 2.34. The second-order valence-corrected chi connectivity index (χ2v) is 4.24. The average molecular weight is 266 g/mol.